The molecule has 0 bridgehead atoms. The van der Waals surface area contributed by atoms with E-state index < -0.39 is 0 Å². The molecule has 2 amide bonds. The number of methoxy groups -OCH3 is 2. The number of hydrogen-bond donors (Lipinski definition) is 1. The van der Waals surface area contributed by atoms with Gasteiger partial charge in [0.1, 0.15) is 11.5 Å². The van der Waals surface area contributed by atoms with Crippen molar-refractivity contribution in [3.8, 4) is 17.2 Å². The van der Waals surface area contributed by atoms with Crippen molar-refractivity contribution < 1.29 is 14.3 Å². The highest BCUT2D eigenvalue weighted by Gasteiger charge is 2.32. The SMILES string of the molecule is COc1ccc(C2CCCN2C(=O)Nc2ccc(-n3cccn3)c(Cl)c2)c(OC)c1. The molecule has 2 aromatic carbocycles. The van der Waals surface area contributed by atoms with Crippen LogP contribution in [0.25, 0.3) is 5.69 Å². The Balaban J connectivity index is 1.53. The number of anilines is 1. The summed E-state index contributed by atoms with van der Waals surface area (Å²) in [6.07, 6.45) is 5.30. The van der Waals surface area contributed by atoms with Gasteiger partial charge in [0.2, 0.25) is 0 Å². The number of halogens is 1. The number of carbonyl (C=O) groups excluding carboxylic acids is 1. The summed E-state index contributed by atoms with van der Waals surface area (Å²) in [5.74, 6) is 1.43. The standard InChI is InChI=1S/C22H23ClN4O3/c1-29-16-7-8-17(21(14-16)30-2)19-5-3-11-26(19)22(28)25-15-6-9-20(18(23)13-15)27-12-4-10-24-27/h4,6-10,12-14,19H,3,5,11H2,1-2H3,(H,25,28). The zero-order valence-electron chi connectivity index (χ0n) is 16.8. The number of nitrogens with one attached hydrogen (secondary N) is 1. The van der Waals surface area contributed by atoms with E-state index in [0.717, 1.165) is 29.8 Å². The second-order valence-electron chi connectivity index (χ2n) is 7.01. The normalized spacial score (nSPS) is 15.8. The van der Waals surface area contributed by atoms with Gasteiger partial charge in [0, 0.05) is 36.3 Å². The number of benzene rings is 2. The van der Waals surface area contributed by atoms with E-state index in [1.165, 1.54) is 0 Å². The third kappa shape index (κ3) is 3.93. The van der Waals surface area contributed by atoms with Gasteiger partial charge in [-0.15, -0.1) is 0 Å². The molecule has 0 aliphatic carbocycles. The summed E-state index contributed by atoms with van der Waals surface area (Å²) in [6.45, 7) is 0.671. The molecule has 1 N–H and O–H groups in total. The minimum absolute atomic E-state index is 0.0651. The second kappa shape index (κ2) is 8.67. The van der Waals surface area contributed by atoms with Gasteiger partial charge in [0.05, 0.1) is 31.0 Å². The summed E-state index contributed by atoms with van der Waals surface area (Å²) < 4.78 is 12.5. The van der Waals surface area contributed by atoms with Gasteiger partial charge in [-0.05, 0) is 49.2 Å². The molecule has 1 fully saturated rings. The maximum Gasteiger partial charge on any atom is 0.322 e. The second-order valence-corrected chi connectivity index (χ2v) is 7.41. The van der Waals surface area contributed by atoms with Crippen LogP contribution in [0.3, 0.4) is 0 Å². The highest BCUT2D eigenvalue weighted by molar-refractivity contribution is 6.32. The van der Waals surface area contributed by atoms with Crippen LogP contribution in [0.15, 0.2) is 54.9 Å². The topological polar surface area (TPSA) is 68.6 Å². The Kier molecular flexibility index (Phi) is 5.81. The average molecular weight is 427 g/mol. The Morgan fingerprint density at radius 1 is 1.20 bits per heavy atom. The Morgan fingerprint density at radius 3 is 2.77 bits per heavy atom. The zero-order chi connectivity index (χ0) is 21.1. The van der Waals surface area contributed by atoms with E-state index >= 15 is 0 Å². The van der Waals surface area contributed by atoms with Crippen LogP contribution < -0.4 is 14.8 Å². The molecule has 4 rings (SSSR count). The Bertz CT molecular complexity index is 1040. The van der Waals surface area contributed by atoms with E-state index in [0.29, 0.717) is 23.0 Å². The van der Waals surface area contributed by atoms with Gasteiger partial charge in [0.15, 0.2) is 0 Å². The molecule has 156 valence electrons. The minimum atomic E-state index is -0.168. The van der Waals surface area contributed by atoms with Crippen LogP contribution >= 0.6 is 11.6 Å². The summed E-state index contributed by atoms with van der Waals surface area (Å²) >= 11 is 6.40. The molecule has 0 saturated carbocycles. The number of amides is 2. The van der Waals surface area contributed by atoms with Gasteiger partial charge in [0.25, 0.3) is 0 Å². The Hall–Kier alpha value is -3.19. The van der Waals surface area contributed by atoms with Crippen LogP contribution in [0.1, 0.15) is 24.4 Å². The number of carbonyl (C=O) groups is 1. The van der Waals surface area contributed by atoms with E-state index in [4.69, 9.17) is 21.1 Å². The van der Waals surface area contributed by atoms with Gasteiger partial charge in [-0.2, -0.15) is 5.10 Å². The third-order valence-electron chi connectivity index (χ3n) is 5.26. The molecular formula is C22H23ClN4O3. The molecule has 3 aromatic rings. The molecule has 1 aromatic heterocycles. The van der Waals surface area contributed by atoms with Crippen LogP contribution in [0.4, 0.5) is 10.5 Å². The molecule has 1 saturated heterocycles. The smallest absolute Gasteiger partial charge is 0.322 e. The number of hydrogen-bond acceptors (Lipinski definition) is 4. The van der Waals surface area contributed by atoms with Crippen LogP contribution in [0.2, 0.25) is 5.02 Å². The van der Waals surface area contributed by atoms with Crippen molar-refractivity contribution in [3.05, 3.63) is 65.4 Å². The monoisotopic (exact) mass is 426 g/mol. The highest BCUT2D eigenvalue weighted by Crippen LogP contribution is 2.39. The fourth-order valence-electron chi connectivity index (χ4n) is 3.80. The van der Waals surface area contributed by atoms with Gasteiger partial charge in [-0.3, -0.25) is 0 Å². The largest absolute Gasteiger partial charge is 0.497 e. The van der Waals surface area contributed by atoms with Gasteiger partial charge >= 0.3 is 6.03 Å². The van der Waals surface area contributed by atoms with Crippen LogP contribution in [-0.2, 0) is 0 Å². The average Bonchev–Trinajstić information content (AvgIpc) is 3.45. The predicted octanol–water partition coefficient (Wildman–Crippen LogP) is 4.91. The van der Waals surface area contributed by atoms with Gasteiger partial charge < -0.3 is 19.7 Å². The number of likely N-dealkylation sites (tertiary alicyclic amines) is 1. The Morgan fingerprint density at radius 2 is 2.07 bits per heavy atom. The van der Waals surface area contributed by atoms with E-state index in [1.54, 1.807) is 31.2 Å². The molecule has 30 heavy (non-hydrogen) atoms. The lowest BCUT2D eigenvalue weighted by Crippen LogP contribution is -2.34. The van der Waals surface area contributed by atoms with Crippen molar-refractivity contribution in [3.63, 3.8) is 0 Å². The number of ether oxygens (including phenoxy) is 2. The molecule has 1 unspecified atom stereocenters. The van der Waals surface area contributed by atoms with E-state index in [-0.39, 0.29) is 12.1 Å². The van der Waals surface area contributed by atoms with Crippen molar-refractivity contribution in [1.29, 1.82) is 0 Å². The van der Waals surface area contributed by atoms with Crippen molar-refractivity contribution in [2.75, 3.05) is 26.1 Å². The summed E-state index contributed by atoms with van der Waals surface area (Å²) in [6, 6.07) is 12.7. The molecule has 0 radical (unpaired) electrons. The molecule has 1 aliphatic rings. The fraction of sp³-hybridized carbons (Fsp3) is 0.273. The van der Waals surface area contributed by atoms with E-state index in [2.05, 4.69) is 10.4 Å². The molecule has 1 aliphatic heterocycles. The summed E-state index contributed by atoms with van der Waals surface area (Å²) in [7, 11) is 3.24. The molecule has 1 atom stereocenters. The first-order valence-electron chi connectivity index (χ1n) is 9.70. The van der Waals surface area contributed by atoms with Crippen LogP contribution in [0, 0.1) is 0 Å². The number of rotatable bonds is 5. The van der Waals surface area contributed by atoms with Gasteiger partial charge in [-0.1, -0.05) is 11.6 Å². The predicted molar refractivity (Wildman–Crippen MR) is 116 cm³/mol. The maximum atomic E-state index is 13.0. The number of nitrogens with zero attached hydrogens (tertiary/aromatic N) is 3. The zero-order valence-corrected chi connectivity index (χ0v) is 17.6. The number of urea groups is 1. The lowest BCUT2D eigenvalue weighted by molar-refractivity contribution is 0.206. The number of aromatic nitrogens is 2. The summed E-state index contributed by atoms with van der Waals surface area (Å²) in [5, 5.41) is 7.66. The Labute approximate surface area is 180 Å². The maximum absolute atomic E-state index is 13.0. The van der Waals surface area contributed by atoms with Crippen molar-refractivity contribution in [2.24, 2.45) is 0 Å². The van der Waals surface area contributed by atoms with E-state index in [1.807, 2.05) is 47.5 Å². The summed E-state index contributed by atoms with van der Waals surface area (Å²) in [5.41, 5.74) is 2.35. The highest BCUT2D eigenvalue weighted by atomic mass is 35.5. The lowest BCUT2D eigenvalue weighted by atomic mass is 10.0. The van der Waals surface area contributed by atoms with E-state index in [9.17, 15) is 4.79 Å². The first-order valence-corrected chi connectivity index (χ1v) is 10.1. The summed E-state index contributed by atoms with van der Waals surface area (Å²) in [4.78, 5) is 14.9. The van der Waals surface area contributed by atoms with Crippen molar-refractivity contribution in [1.82, 2.24) is 14.7 Å². The van der Waals surface area contributed by atoms with Crippen molar-refractivity contribution >= 4 is 23.3 Å². The first-order chi connectivity index (χ1) is 14.6. The van der Waals surface area contributed by atoms with Gasteiger partial charge in [-0.25, -0.2) is 9.48 Å². The minimum Gasteiger partial charge on any atom is -0.497 e. The van der Waals surface area contributed by atoms with Crippen molar-refractivity contribution in [2.45, 2.75) is 18.9 Å². The molecule has 2 heterocycles. The fourth-order valence-corrected chi connectivity index (χ4v) is 4.07. The van der Waals surface area contributed by atoms with Crippen LogP contribution in [-0.4, -0.2) is 41.5 Å². The quantitative estimate of drug-likeness (QED) is 0.629. The molecule has 7 nitrogen and oxygen atoms in total. The molecular weight excluding hydrogens is 404 g/mol. The first kappa shape index (κ1) is 20.1. The lowest BCUT2D eigenvalue weighted by Gasteiger charge is -2.27. The van der Waals surface area contributed by atoms with Crippen LogP contribution in [0.5, 0.6) is 11.5 Å². The third-order valence-corrected chi connectivity index (χ3v) is 5.57. The molecule has 8 heteroatoms. The molecule has 0 spiro atoms.